The van der Waals surface area contributed by atoms with Crippen LogP contribution in [-0.2, 0) is 11.2 Å². The monoisotopic (exact) mass is 267 g/mol. The first-order chi connectivity index (χ1) is 9.66. The number of carbonyl (C=O) groups is 1. The molecular weight excluding hydrogens is 246 g/mol. The van der Waals surface area contributed by atoms with E-state index in [9.17, 15) is 4.79 Å². The molecule has 0 saturated heterocycles. The Hall–Kier alpha value is -2.09. The Bertz CT molecular complexity index is 563. The molecule has 1 atom stereocenters. The maximum Gasteiger partial charge on any atom is 0.217 e. The van der Waals surface area contributed by atoms with Crippen molar-refractivity contribution in [1.29, 1.82) is 0 Å². The Morgan fingerprint density at radius 1 is 1.05 bits per heavy atom. The van der Waals surface area contributed by atoms with Crippen LogP contribution in [0.1, 0.15) is 36.1 Å². The van der Waals surface area contributed by atoms with E-state index < -0.39 is 0 Å². The lowest BCUT2D eigenvalue weighted by Crippen LogP contribution is -2.27. The third kappa shape index (κ3) is 3.95. The molecule has 0 aliphatic carbocycles. The van der Waals surface area contributed by atoms with E-state index in [2.05, 4.69) is 48.6 Å². The summed E-state index contributed by atoms with van der Waals surface area (Å²) in [4.78, 5) is 11.4. The van der Waals surface area contributed by atoms with E-state index in [4.69, 9.17) is 0 Å². The normalized spacial score (nSPS) is 11.9. The Balaban J connectivity index is 2.12. The lowest BCUT2D eigenvalue weighted by molar-refractivity contribution is -0.119. The zero-order valence-corrected chi connectivity index (χ0v) is 12.1. The fraction of sp³-hybridized carbons (Fsp3) is 0.278. The molecular formula is C18H21NO. The fourth-order valence-electron chi connectivity index (χ4n) is 2.48. The first kappa shape index (κ1) is 14.3. The van der Waals surface area contributed by atoms with Gasteiger partial charge in [0.1, 0.15) is 0 Å². The van der Waals surface area contributed by atoms with Crippen LogP contribution in [0.5, 0.6) is 0 Å². The summed E-state index contributed by atoms with van der Waals surface area (Å²) in [7, 11) is 0. The second kappa shape index (κ2) is 6.90. The second-order valence-electron chi connectivity index (χ2n) is 5.13. The predicted molar refractivity (Wildman–Crippen MR) is 82.5 cm³/mol. The van der Waals surface area contributed by atoms with Crippen molar-refractivity contribution in [2.24, 2.45) is 0 Å². The highest BCUT2D eigenvalue weighted by molar-refractivity contribution is 5.73. The van der Waals surface area contributed by atoms with Gasteiger partial charge in [0, 0.05) is 6.92 Å². The van der Waals surface area contributed by atoms with E-state index in [1.807, 2.05) is 18.2 Å². The molecule has 0 aliphatic heterocycles. The molecule has 0 aliphatic rings. The molecule has 0 spiro atoms. The van der Waals surface area contributed by atoms with Gasteiger partial charge in [-0.2, -0.15) is 0 Å². The molecule has 0 saturated carbocycles. The Morgan fingerprint density at radius 2 is 1.70 bits per heavy atom. The van der Waals surface area contributed by atoms with Crippen LogP contribution in [0.3, 0.4) is 0 Å². The van der Waals surface area contributed by atoms with E-state index >= 15 is 0 Å². The molecule has 2 nitrogen and oxygen atoms in total. The van der Waals surface area contributed by atoms with Crippen molar-refractivity contribution in [2.75, 3.05) is 0 Å². The zero-order valence-electron chi connectivity index (χ0n) is 12.1. The van der Waals surface area contributed by atoms with Crippen molar-refractivity contribution in [1.82, 2.24) is 5.32 Å². The van der Waals surface area contributed by atoms with Crippen LogP contribution >= 0.6 is 0 Å². The van der Waals surface area contributed by atoms with Crippen LogP contribution in [0.25, 0.3) is 0 Å². The molecule has 104 valence electrons. The fourth-order valence-corrected chi connectivity index (χ4v) is 2.48. The van der Waals surface area contributed by atoms with Gasteiger partial charge in [0.2, 0.25) is 5.91 Å². The largest absolute Gasteiger partial charge is 0.350 e. The quantitative estimate of drug-likeness (QED) is 0.877. The van der Waals surface area contributed by atoms with Crippen molar-refractivity contribution in [3.63, 3.8) is 0 Å². The summed E-state index contributed by atoms with van der Waals surface area (Å²) < 4.78 is 0. The van der Waals surface area contributed by atoms with Gasteiger partial charge in [-0.1, -0.05) is 54.6 Å². The summed E-state index contributed by atoms with van der Waals surface area (Å²) >= 11 is 0. The van der Waals surface area contributed by atoms with Crippen LogP contribution in [0.4, 0.5) is 0 Å². The predicted octanol–water partition coefficient (Wildman–Crippen LogP) is 3.81. The van der Waals surface area contributed by atoms with Crippen molar-refractivity contribution in [2.45, 2.75) is 32.7 Å². The van der Waals surface area contributed by atoms with Crippen LogP contribution in [0, 0.1) is 6.92 Å². The third-order valence-electron chi connectivity index (χ3n) is 3.51. The molecule has 0 fully saturated rings. The number of hydrogen-bond donors (Lipinski definition) is 1. The molecule has 0 bridgehead atoms. The number of rotatable bonds is 5. The topological polar surface area (TPSA) is 29.1 Å². The standard InChI is InChI=1S/C18H21NO/c1-14-8-6-7-11-17(14)18(19-15(2)20)13-12-16-9-4-3-5-10-16/h3-11,18H,12-13H2,1-2H3,(H,19,20)/t18-/m1/s1. The summed E-state index contributed by atoms with van der Waals surface area (Å²) in [6.07, 6.45) is 1.87. The number of amides is 1. The number of nitrogens with one attached hydrogen (secondary N) is 1. The highest BCUT2D eigenvalue weighted by Crippen LogP contribution is 2.22. The van der Waals surface area contributed by atoms with Gasteiger partial charge < -0.3 is 5.32 Å². The van der Waals surface area contributed by atoms with E-state index in [1.165, 1.54) is 16.7 Å². The van der Waals surface area contributed by atoms with E-state index in [-0.39, 0.29) is 11.9 Å². The number of carbonyl (C=O) groups excluding carboxylic acids is 1. The van der Waals surface area contributed by atoms with Gasteiger partial charge in [-0.15, -0.1) is 0 Å². The van der Waals surface area contributed by atoms with Gasteiger partial charge in [-0.05, 0) is 36.5 Å². The van der Waals surface area contributed by atoms with Gasteiger partial charge in [0.15, 0.2) is 0 Å². The average Bonchev–Trinajstić information content (AvgIpc) is 2.45. The van der Waals surface area contributed by atoms with Crippen LogP contribution in [0.2, 0.25) is 0 Å². The minimum Gasteiger partial charge on any atom is -0.350 e. The average molecular weight is 267 g/mol. The van der Waals surface area contributed by atoms with Crippen molar-refractivity contribution < 1.29 is 4.79 Å². The molecule has 2 aromatic carbocycles. The van der Waals surface area contributed by atoms with Gasteiger partial charge in [0.25, 0.3) is 0 Å². The highest BCUT2D eigenvalue weighted by atomic mass is 16.1. The molecule has 0 aromatic heterocycles. The maximum absolute atomic E-state index is 11.4. The van der Waals surface area contributed by atoms with Crippen molar-refractivity contribution >= 4 is 5.91 Å². The Kier molecular flexibility index (Phi) is 4.94. The van der Waals surface area contributed by atoms with Crippen LogP contribution in [0.15, 0.2) is 54.6 Å². The van der Waals surface area contributed by atoms with E-state index in [0.29, 0.717) is 0 Å². The van der Waals surface area contributed by atoms with Crippen LogP contribution < -0.4 is 5.32 Å². The SMILES string of the molecule is CC(=O)N[C@H](CCc1ccccc1)c1ccccc1C. The van der Waals surface area contributed by atoms with E-state index in [0.717, 1.165) is 12.8 Å². The second-order valence-corrected chi connectivity index (χ2v) is 5.13. The Labute approximate surface area is 120 Å². The highest BCUT2D eigenvalue weighted by Gasteiger charge is 2.14. The first-order valence-electron chi connectivity index (χ1n) is 7.03. The third-order valence-corrected chi connectivity index (χ3v) is 3.51. The van der Waals surface area contributed by atoms with Crippen LogP contribution in [-0.4, -0.2) is 5.91 Å². The Morgan fingerprint density at radius 3 is 2.35 bits per heavy atom. The molecule has 0 unspecified atom stereocenters. The van der Waals surface area contributed by atoms with Gasteiger partial charge >= 0.3 is 0 Å². The number of hydrogen-bond acceptors (Lipinski definition) is 1. The lowest BCUT2D eigenvalue weighted by atomic mass is 9.95. The van der Waals surface area contributed by atoms with Crippen molar-refractivity contribution in [3.05, 3.63) is 71.3 Å². The number of aryl methyl sites for hydroxylation is 2. The summed E-state index contributed by atoms with van der Waals surface area (Å²) in [5, 5.41) is 3.07. The molecule has 2 rings (SSSR count). The lowest BCUT2D eigenvalue weighted by Gasteiger charge is -2.20. The smallest absolute Gasteiger partial charge is 0.217 e. The minimum atomic E-state index is 0.0197. The molecule has 1 N–H and O–H groups in total. The maximum atomic E-state index is 11.4. The summed E-state index contributed by atoms with van der Waals surface area (Å²) in [5.41, 5.74) is 3.73. The van der Waals surface area contributed by atoms with Gasteiger partial charge in [-0.25, -0.2) is 0 Å². The first-order valence-corrected chi connectivity index (χ1v) is 7.03. The van der Waals surface area contributed by atoms with Crippen molar-refractivity contribution in [3.8, 4) is 0 Å². The van der Waals surface area contributed by atoms with Gasteiger partial charge in [0.05, 0.1) is 6.04 Å². The zero-order chi connectivity index (χ0) is 14.4. The molecule has 0 heterocycles. The minimum absolute atomic E-state index is 0.0197. The van der Waals surface area contributed by atoms with E-state index in [1.54, 1.807) is 6.92 Å². The summed E-state index contributed by atoms with van der Waals surface area (Å²) in [5.74, 6) is 0.0197. The number of benzene rings is 2. The summed E-state index contributed by atoms with van der Waals surface area (Å²) in [6.45, 7) is 3.67. The molecule has 0 radical (unpaired) electrons. The molecule has 2 heteroatoms. The molecule has 20 heavy (non-hydrogen) atoms. The molecule has 1 amide bonds. The summed E-state index contributed by atoms with van der Waals surface area (Å²) in [6, 6.07) is 18.7. The molecule has 2 aromatic rings. The van der Waals surface area contributed by atoms with Gasteiger partial charge in [-0.3, -0.25) is 4.79 Å².